The van der Waals surface area contributed by atoms with Crippen LogP contribution in [0.4, 0.5) is 0 Å². The summed E-state index contributed by atoms with van der Waals surface area (Å²) in [6.45, 7) is 0. The van der Waals surface area contributed by atoms with Gasteiger partial charge < -0.3 is 9.63 Å². The Kier molecular flexibility index (Phi) is 1.65. The summed E-state index contributed by atoms with van der Waals surface area (Å²) in [4.78, 5) is 21.8. The van der Waals surface area contributed by atoms with Gasteiger partial charge in [0.15, 0.2) is 5.69 Å². The lowest BCUT2D eigenvalue weighted by atomic mass is 9.95. The summed E-state index contributed by atoms with van der Waals surface area (Å²) < 4.78 is 4.68. The van der Waals surface area contributed by atoms with E-state index in [1.807, 2.05) is 0 Å². The lowest BCUT2D eigenvalue weighted by molar-refractivity contribution is 0.0684. The predicted octanol–water partition coefficient (Wildman–Crippen LogP) is 0.892. The third kappa shape index (κ3) is 1.12. The average molecular weight is 181 g/mol. The molecule has 0 saturated heterocycles. The number of carbonyl (C=O) groups excluding carboxylic acids is 1. The van der Waals surface area contributed by atoms with Gasteiger partial charge in [0.05, 0.1) is 0 Å². The van der Waals surface area contributed by atoms with Crippen molar-refractivity contribution in [1.82, 2.24) is 5.16 Å². The van der Waals surface area contributed by atoms with Crippen molar-refractivity contribution in [2.45, 2.75) is 19.3 Å². The second kappa shape index (κ2) is 2.69. The van der Waals surface area contributed by atoms with Gasteiger partial charge >= 0.3 is 5.97 Å². The molecule has 68 valence electrons. The maximum atomic E-state index is 11.2. The second-order valence-corrected chi connectivity index (χ2v) is 2.92. The van der Waals surface area contributed by atoms with Crippen molar-refractivity contribution in [2.75, 3.05) is 0 Å². The fraction of sp³-hybridized carbons (Fsp3) is 0.375. The van der Waals surface area contributed by atoms with Crippen LogP contribution in [-0.4, -0.2) is 22.0 Å². The zero-order valence-corrected chi connectivity index (χ0v) is 6.74. The Balaban J connectivity index is 2.53. The van der Waals surface area contributed by atoms with Crippen molar-refractivity contribution in [1.29, 1.82) is 0 Å². The molecule has 1 aromatic heterocycles. The van der Waals surface area contributed by atoms with Crippen LogP contribution in [0.5, 0.6) is 0 Å². The van der Waals surface area contributed by atoms with Crippen LogP contribution in [0.15, 0.2) is 4.52 Å². The summed E-state index contributed by atoms with van der Waals surface area (Å²) >= 11 is 0. The van der Waals surface area contributed by atoms with Gasteiger partial charge in [-0.15, -0.1) is 0 Å². The smallest absolute Gasteiger partial charge is 0.358 e. The molecule has 1 N–H and O–H groups in total. The minimum Gasteiger partial charge on any atom is -0.476 e. The van der Waals surface area contributed by atoms with Gasteiger partial charge in [0.25, 0.3) is 0 Å². The van der Waals surface area contributed by atoms with E-state index in [1.54, 1.807) is 0 Å². The van der Waals surface area contributed by atoms with E-state index in [0.29, 0.717) is 24.8 Å². The van der Waals surface area contributed by atoms with Crippen molar-refractivity contribution >= 4 is 11.8 Å². The summed E-state index contributed by atoms with van der Waals surface area (Å²) in [6, 6.07) is 0. The Morgan fingerprint density at radius 1 is 1.46 bits per heavy atom. The lowest BCUT2D eigenvalue weighted by Crippen LogP contribution is -2.11. The lowest BCUT2D eigenvalue weighted by Gasteiger charge is -2.06. The van der Waals surface area contributed by atoms with E-state index in [9.17, 15) is 9.59 Å². The number of aromatic carboxylic acids is 1. The van der Waals surface area contributed by atoms with Crippen molar-refractivity contribution in [3.05, 3.63) is 17.0 Å². The van der Waals surface area contributed by atoms with Gasteiger partial charge in [0.2, 0.25) is 11.5 Å². The number of Topliss-reactive ketones (excluding diaryl/α,β-unsaturated/α-hetero) is 1. The summed E-state index contributed by atoms with van der Waals surface area (Å²) in [7, 11) is 0. The predicted molar refractivity (Wildman–Crippen MR) is 40.7 cm³/mol. The molecule has 5 nitrogen and oxygen atoms in total. The van der Waals surface area contributed by atoms with Crippen LogP contribution < -0.4 is 0 Å². The van der Waals surface area contributed by atoms with Crippen molar-refractivity contribution < 1.29 is 19.2 Å². The molecular weight excluding hydrogens is 174 g/mol. The molecule has 0 unspecified atom stereocenters. The quantitative estimate of drug-likeness (QED) is 0.695. The molecule has 0 amide bonds. The van der Waals surface area contributed by atoms with E-state index in [2.05, 4.69) is 9.68 Å². The number of carbonyl (C=O) groups is 2. The van der Waals surface area contributed by atoms with Crippen molar-refractivity contribution in [3.8, 4) is 0 Å². The number of fused-ring (bicyclic) bond motifs is 1. The van der Waals surface area contributed by atoms with Crippen LogP contribution in [0.3, 0.4) is 0 Å². The minimum absolute atomic E-state index is 0.122. The fourth-order valence-electron chi connectivity index (χ4n) is 1.47. The number of hydrogen-bond donors (Lipinski definition) is 1. The minimum atomic E-state index is -1.14. The van der Waals surface area contributed by atoms with Crippen LogP contribution in [0, 0.1) is 0 Å². The molecule has 13 heavy (non-hydrogen) atoms. The van der Waals surface area contributed by atoms with E-state index in [-0.39, 0.29) is 17.2 Å². The maximum absolute atomic E-state index is 11.2. The first-order valence-corrected chi connectivity index (χ1v) is 3.95. The van der Waals surface area contributed by atoms with Crippen molar-refractivity contribution in [3.63, 3.8) is 0 Å². The van der Waals surface area contributed by atoms with E-state index in [4.69, 9.17) is 5.11 Å². The Hall–Kier alpha value is -1.65. The first-order valence-electron chi connectivity index (χ1n) is 3.95. The highest BCUT2D eigenvalue weighted by Crippen LogP contribution is 2.23. The molecule has 0 aromatic carbocycles. The molecular formula is C8H7NO4. The van der Waals surface area contributed by atoms with Gasteiger partial charge in [-0.2, -0.15) is 0 Å². The van der Waals surface area contributed by atoms with Gasteiger partial charge in [-0.3, -0.25) is 4.79 Å². The van der Waals surface area contributed by atoms with Crippen LogP contribution in [0.1, 0.15) is 39.4 Å². The Labute approximate surface area is 73.3 Å². The van der Waals surface area contributed by atoms with Gasteiger partial charge in [0.1, 0.15) is 0 Å². The Morgan fingerprint density at radius 3 is 2.92 bits per heavy atom. The largest absolute Gasteiger partial charge is 0.476 e. The summed E-state index contributed by atoms with van der Waals surface area (Å²) in [5, 5.41) is 12.0. The molecule has 0 bridgehead atoms. The van der Waals surface area contributed by atoms with E-state index in [0.717, 1.165) is 0 Å². The molecule has 2 rings (SSSR count). The van der Waals surface area contributed by atoms with Gasteiger partial charge in [0, 0.05) is 12.0 Å². The van der Waals surface area contributed by atoms with E-state index < -0.39 is 5.97 Å². The standard InChI is InChI=1S/C8H7NO4/c10-5-3-1-2-4-6(8(11)12)9-13-7(4)5/h1-3H2,(H,11,12). The van der Waals surface area contributed by atoms with Crippen LogP contribution >= 0.6 is 0 Å². The summed E-state index contributed by atoms with van der Waals surface area (Å²) in [5.74, 6) is -1.16. The number of carboxylic acid groups (broad SMARTS) is 1. The fourth-order valence-corrected chi connectivity index (χ4v) is 1.47. The molecule has 1 aromatic rings. The van der Waals surface area contributed by atoms with E-state index >= 15 is 0 Å². The van der Waals surface area contributed by atoms with Gasteiger partial charge in [-0.25, -0.2) is 4.79 Å². The SMILES string of the molecule is O=C(O)c1noc2c1CCCC2=O. The first-order chi connectivity index (χ1) is 6.20. The Bertz CT molecular complexity index is 366. The number of aromatic nitrogens is 1. The number of hydrogen-bond acceptors (Lipinski definition) is 4. The average Bonchev–Trinajstić information content (AvgIpc) is 2.48. The number of ketones is 1. The van der Waals surface area contributed by atoms with Crippen LogP contribution in [0.25, 0.3) is 0 Å². The molecule has 0 spiro atoms. The molecule has 0 radical (unpaired) electrons. The molecule has 0 atom stereocenters. The summed E-state index contributed by atoms with van der Waals surface area (Å²) in [6.07, 6.45) is 1.65. The molecule has 1 aliphatic carbocycles. The number of nitrogens with zero attached hydrogens (tertiary/aromatic N) is 1. The Morgan fingerprint density at radius 2 is 2.23 bits per heavy atom. The second-order valence-electron chi connectivity index (χ2n) is 2.92. The maximum Gasteiger partial charge on any atom is 0.358 e. The van der Waals surface area contributed by atoms with Gasteiger partial charge in [-0.05, 0) is 12.8 Å². The first kappa shape index (κ1) is 7.97. The highest BCUT2D eigenvalue weighted by Gasteiger charge is 2.28. The van der Waals surface area contributed by atoms with E-state index in [1.165, 1.54) is 0 Å². The van der Waals surface area contributed by atoms with Crippen LogP contribution in [-0.2, 0) is 6.42 Å². The molecule has 5 heteroatoms. The summed E-state index contributed by atoms with van der Waals surface area (Å²) in [5.41, 5.74) is 0.326. The zero-order valence-electron chi connectivity index (χ0n) is 6.74. The third-order valence-corrected chi connectivity index (χ3v) is 2.07. The number of carboxylic acids is 1. The molecule has 1 heterocycles. The topological polar surface area (TPSA) is 80.4 Å². The molecule has 0 saturated carbocycles. The van der Waals surface area contributed by atoms with Crippen LogP contribution in [0.2, 0.25) is 0 Å². The number of rotatable bonds is 1. The third-order valence-electron chi connectivity index (χ3n) is 2.07. The monoisotopic (exact) mass is 181 g/mol. The van der Waals surface area contributed by atoms with Crippen molar-refractivity contribution in [2.24, 2.45) is 0 Å². The van der Waals surface area contributed by atoms with Gasteiger partial charge in [-0.1, -0.05) is 5.16 Å². The highest BCUT2D eigenvalue weighted by molar-refractivity contribution is 5.99. The normalized spacial score (nSPS) is 15.5. The molecule has 1 aliphatic rings. The zero-order chi connectivity index (χ0) is 9.42. The highest BCUT2D eigenvalue weighted by atomic mass is 16.5. The molecule has 0 fully saturated rings. The molecule has 0 aliphatic heterocycles.